The molecule has 1 amide bonds. The summed E-state index contributed by atoms with van der Waals surface area (Å²) >= 11 is 0. The third kappa shape index (κ3) is 5.75. The molecule has 0 radical (unpaired) electrons. The molecule has 2 aromatic carbocycles. The van der Waals surface area contributed by atoms with Crippen molar-refractivity contribution >= 4 is 5.91 Å². The first-order chi connectivity index (χ1) is 16.6. The number of aryl methyl sites for hydroxylation is 1. The van der Waals surface area contributed by atoms with Gasteiger partial charge >= 0.3 is 0 Å². The number of likely N-dealkylation sites (tertiary alicyclic amines) is 1. The Morgan fingerprint density at radius 2 is 1.82 bits per heavy atom. The molecule has 1 aliphatic heterocycles. The molecule has 0 unspecified atom stereocenters. The van der Waals surface area contributed by atoms with Crippen LogP contribution in [0.5, 0.6) is 11.5 Å². The standard InChI is InChI=1S/C28H33N3O3/c1-20-11-12-25(28(32)29-18-23-8-4-5-10-26(23)34-3)27(30-20)22-13-15-31(16-14-22)19-21-7-6-9-24(17-21)33-2/h4-12,17,22H,13-16,18-19H2,1-3H3,(H,29,32). The number of amides is 1. The number of nitrogens with zero attached hydrogens (tertiary/aromatic N) is 2. The number of rotatable bonds is 8. The Kier molecular flexibility index (Phi) is 7.80. The predicted molar refractivity (Wildman–Crippen MR) is 133 cm³/mol. The van der Waals surface area contributed by atoms with Gasteiger partial charge < -0.3 is 14.8 Å². The van der Waals surface area contributed by atoms with Crippen molar-refractivity contribution in [2.24, 2.45) is 0 Å². The van der Waals surface area contributed by atoms with Gasteiger partial charge in [0.2, 0.25) is 0 Å². The molecule has 34 heavy (non-hydrogen) atoms. The van der Waals surface area contributed by atoms with E-state index < -0.39 is 0 Å². The average Bonchev–Trinajstić information content (AvgIpc) is 2.88. The summed E-state index contributed by atoms with van der Waals surface area (Å²) in [5.41, 5.74) is 4.73. The number of hydrogen-bond donors (Lipinski definition) is 1. The Bertz CT molecular complexity index is 1120. The van der Waals surface area contributed by atoms with Crippen molar-refractivity contribution in [2.75, 3.05) is 27.3 Å². The lowest BCUT2D eigenvalue weighted by Gasteiger charge is -2.32. The number of nitrogens with one attached hydrogen (secondary N) is 1. The van der Waals surface area contributed by atoms with Crippen LogP contribution in [0.15, 0.2) is 60.7 Å². The number of hydrogen-bond acceptors (Lipinski definition) is 5. The Hall–Kier alpha value is -3.38. The number of piperidine rings is 1. The Labute approximate surface area is 201 Å². The minimum absolute atomic E-state index is 0.0905. The number of carbonyl (C=O) groups excluding carboxylic acids is 1. The van der Waals surface area contributed by atoms with Gasteiger partial charge in [-0.2, -0.15) is 0 Å². The van der Waals surface area contributed by atoms with Crippen LogP contribution >= 0.6 is 0 Å². The fourth-order valence-electron chi connectivity index (χ4n) is 4.59. The van der Waals surface area contributed by atoms with Gasteiger partial charge in [-0.05, 0) is 68.8 Å². The predicted octanol–water partition coefficient (Wildman–Crippen LogP) is 4.72. The first kappa shape index (κ1) is 23.8. The van der Waals surface area contributed by atoms with Crippen molar-refractivity contribution in [2.45, 2.75) is 38.8 Å². The monoisotopic (exact) mass is 459 g/mol. The van der Waals surface area contributed by atoms with Gasteiger partial charge in [0, 0.05) is 30.3 Å². The number of para-hydroxylation sites is 1. The average molecular weight is 460 g/mol. The summed E-state index contributed by atoms with van der Waals surface area (Å²) in [6.45, 7) is 5.24. The highest BCUT2D eigenvalue weighted by molar-refractivity contribution is 5.95. The van der Waals surface area contributed by atoms with Crippen LogP contribution in [0.2, 0.25) is 0 Å². The van der Waals surface area contributed by atoms with Crippen molar-refractivity contribution < 1.29 is 14.3 Å². The summed E-state index contributed by atoms with van der Waals surface area (Å²) in [7, 11) is 3.34. The molecule has 4 rings (SSSR count). The smallest absolute Gasteiger partial charge is 0.253 e. The molecular weight excluding hydrogens is 426 g/mol. The second-order valence-corrected chi connectivity index (χ2v) is 8.78. The number of benzene rings is 2. The third-order valence-corrected chi connectivity index (χ3v) is 6.46. The number of carbonyl (C=O) groups is 1. The maximum absolute atomic E-state index is 13.1. The van der Waals surface area contributed by atoms with Gasteiger partial charge in [-0.15, -0.1) is 0 Å². The third-order valence-electron chi connectivity index (χ3n) is 6.46. The molecule has 1 saturated heterocycles. The second-order valence-electron chi connectivity index (χ2n) is 8.78. The Morgan fingerprint density at radius 1 is 1.03 bits per heavy atom. The van der Waals surface area contributed by atoms with E-state index in [-0.39, 0.29) is 11.8 Å². The maximum atomic E-state index is 13.1. The zero-order valence-corrected chi connectivity index (χ0v) is 20.2. The quantitative estimate of drug-likeness (QED) is 0.528. The van der Waals surface area contributed by atoms with Crippen LogP contribution in [-0.4, -0.2) is 43.1 Å². The zero-order chi connectivity index (χ0) is 23.9. The van der Waals surface area contributed by atoms with Gasteiger partial charge in [0.25, 0.3) is 5.91 Å². The number of pyridine rings is 1. The van der Waals surface area contributed by atoms with Crippen LogP contribution in [-0.2, 0) is 13.1 Å². The van der Waals surface area contributed by atoms with Crippen LogP contribution in [0.1, 0.15) is 51.6 Å². The van der Waals surface area contributed by atoms with Gasteiger partial charge in [-0.25, -0.2) is 0 Å². The van der Waals surface area contributed by atoms with Crippen LogP contribution in [0.25, 0.3) is 0 Å². The van der Waals surface area contributed by atoms with Gasteiger partial charge in [0.1, 0.15) is 11.5 Å². The largest absolute Gasteiger partial charge is 0.497 e. The Balaban J connectivity index is 1.41. The number of ether oxygens (including phenoxy) is 2. The maximum Gasteiger partial charge on any atom is 0.253 e. The van der Waals surface area contributed by atoms with E-state index in [1.165, 1.54) is 5.56 Å². The van der Waals surface area contributed by atoms with Crippen LogP contribution < -0.4 is 14.8 Å². The molecule has 6 heteroatoms. The van der Waals surface area contributed by atoms with Crippen molar-refractivity contribution in [1.29, 1.82) is 0 Å². The molecule has 178 valence electrons. The first-order valence-corrected chi connectivity index (χ1v) is 11.8. The molecule has 0 atom stereocenters. The van der Waals surface area contributed by atoms with E-state index in [0.29, 0.717) is 12.1 Å². The van der Waals surface area contributed by atoms with E-state index in [2.05, 4.69) is 22.3 Å². The van der Waals surface area contributed by atoms with Gasteiger partial charge in [-0.3, -0.25) is 14.7 Å². The zero-order valence-electron chi connectivity index (χ0n) is 20.2. The lowest BCUT2D eigenvalue weighted by Crippen LogP contribution is -2.34. The second kappa shape index (κ2) is 11.2. The summed E-state index contributed by atoms with van der Waals surface area (Å²) in [4.78, 5) is 20.4. The molecule has 0 spiro atoms. The molecule has 1 fully saturated rings. The summed E-state index contributed by atoms with van der Waals surface area (Å²) in [5.74, 6) is 1.84. The molecule has 3 aromatic rings. The van der Waals surface area contributed by atoms with Gasteiger partial charge in [0.05, 0.1) is 25.5 Å². The van der Waals surface area contributed by atoms with E-state index in [9.17, 15) is 4.79 Å². The van der Waals surface area contributed by atoms with Crippen molar-refractivity contribution in [1.82, 2.24) is 15.2 Å². The Morgan fingerprint density at radius 3 is 2.59 bits per heavy atom. The summed E-state index contributed by atoms with van der Waals surface area (Å²) in [6, 6.07) is 19.8. The fraction of sp³-hybridized carbons (Fsp3) is 0.357. The van der Waals surface area contributed by atoms with Crippen LogP contribution in [0.4, 0.5) is 0 Å². The van der Waals surface area contributed by atoms with Crippen LogP contribution in [0, 0.1) is 6.92 Å². The highest BCUT2D eigenvalue weighted by atomic mass is 16.5. The molecule has 6 nitrogen and oxygen atoms in total. The molecule has 1 aliphatic rings. The normalized spacial score (nSPS) is 14.6. The fourth-order valence-corrected chi connectivity index (χ4v) is 4.59. The molecule has 0 aliphatic carbocycles. The van der Waals surface area contributed by atoms with E-state index >= 15 is 0 Å². The molecule has 0 saturated carbocycles. The lowest BCUT2D eigenvalue weighted by molar-refractivity contribution is 0.0947. The van der Waals surface area contributed by atoms with Crippen molar-refractivity contribution in [3.63, 3.8) is 0 Å². The molecule has 1 aromatic heterocycles. The number of methoxy groups -OCH3 is 2. The minimum atomic E-state index is -0.0905. The van der Waals surface area contributed by atoms with E-state index in [1.54, 1.807) is 14.2 Å². The molecule has 0 bridgehead atoms. The van der Waals surface area contributed by atoms with Gasteiger partial charge in [-0.1, -0.05) is 30.3 Å². The summed E-state index contributed by atoms with van der Waals surface area (Å²) in [6.07, 6.45) is 1.96. The van der Waals surface area contributed by atoms with Crippen LogP contribution in [0.3, 0.4) is 0 Å². The SMILES string of the molecule is COc1cccc(CN2CCC(c3nc(C)ccc3C(=O)NCc3ccccc3OC)CC2)c1. The van der Waals surface area contributed by atoms with E-state index in [1.807, 2.05) is 55.5 Å². The van der Waals surface area contributed by atoms with Crippen molar-refractivity contribution in [3.05, 3.63) is 88.7 Å². The first-order valence-electron chi connectivity index (χ1n) is 11.8. The van der Waals surface area contributed by atoms with Crippen molar-refractivity contribution in [3.8, 4) is 11.5 Å². The molecular formula is C28H33N3O3. The molecule has 1 N–H and O–H groups in total. The summed E-state index contributed by atoms with van der Waals surface area (Å²) < 4.78 is 10.8. The van der Waals surface area contributed by atoms with Gasteiger partial charge in [0.15, 0.2) is 0 Å². The minimum Gasteiger partial charge on any atom is -0.497 e. The summed E-state index contributed by atoms with van der Waals surface area (Å²) in [5, 5.41) is 3.06. The highest BCUT2D eigenvalue weighted by Crippen LogP contribution is 2.30. The lowest BCUT2D eigenvalue weighted by atomic mass is 9.89. The molecule has 2 heterocycles. The highest BCUT2D eigenvalue weighted by Gasteiger charge is 2.26. The van der Waals surface area contributed by atoms with E-state index in [4.69, 9.17) is 14.5 Å². The number of aromatic nitrogens is 1. The van der Waals surface area contributed by atoms with E-state index in [0.717, 1.165) is 60.9 Å². The topological polar surface area (TPSA) is 63.7 Å².